The molecule has 5 nitrogen and oxygen atoms in total. The molecule has 0 radical (unpaired) electrons. The molecule has 3 rings (SSSR count). The average Bonchev–Trinajstić information content (AvgIpc) is 2.94. The maximum absolute atomic E-state index is 12.5. The number of aryl methyl sites for hydroxylation is 1. The second-order valence-electron chi connectivity index (χ2n) is 5.17. The first-order valence-corrected chi connectivity index (χ1v) is 8.41. The molecule has 0 aliphatic heterocycles. The molecule has 0 fully saturated rings. The van der Waals surface area contributed by atoms with E-state index in [0.29, 0.717) is 23.7 Å². The number of carbonyl (C=O) groups is 1. The molecule has 0 aliphatic rings. The fourth-order valence-electron chi connectivity index (χ4n) is 2.40. The standard InChI is InChI=1S/C18H18N2O3S/c1-4-23-15-8-5-12(9-16(15)22-3)18(21)20-13-6-7-14-17(10-13)24-11(2)19-14/h5-10H,4H2,1-3H3,(H,20,21). The number of nitrogens with zero attached hydrogens (tertiary/aromatic N) is 1. The number of thiazole rings is 1. The minimum absolute atomic E-state index is 0.197. The maximum atomic E-state index is 12.5. The number of nitrogens with one attached hydrogen (secondary N) is 1. The molecule has 0 saturated carbocycles. The van der Waals surface area contributed by atoms with E-state index in [0.717, 1.165) is 20.9 Å². The molecule has 0 aliphatic carbocycles. The smallest absolute Gasteiger partial charge is 0.255 e. The summed E-state index contributed by atoms with van der Waals surface area (Å²) in [5.41, 5.74) is 2.19. The van der Waals surface area contributed by atoms with E-state index in [-0.39, 0.29) is 5.91 Å². The quantitative estimate of drug-likeness (QED) is 0.752. The number of amides is 1. The van der Waals surface area contributed by atoms with Gasteiger partial charge in [0, 0.05) is 11.3 Å². The predicted octanol–water partition coefficient (Wildman–Crippen LogP) is 4.26. The van der Waals surface area contributed by atoms with Crippen LogP contribution < -0.4 is 14.8 Å². The normalized spacial score (nSPS) is 10.6. The summed E-state index contributed by atoms with van der Waals surface area (Å²) in [5.74, 6) is 0.966. The van der Waals surface area contributed by atoms with E-state index in [1.807, 2.05) is 32.0 Å². The van der Waals surface area contributed by atoms with Gasteiger partial charge in [-0.05, 0) is 50.2 Å². The SMILES string of the molecule is CCOc1ccc(C(=O)Nc2ccc3nc(C)sc3c2)cc1OC. The molecule has 1 amide bonds. The van der Waals surface area contributed by atoms with Crippen molar-refractivity contribution in [3.8, 4) is 11.5 Å². The zero-order valence-corrected chi connectivity index (χ0v) is 14.6. The Labute approximate surface area is 144 Å². The maximum Gasteiger partial charge on any atom is 0.255 e. The van der Waals surface area contributed by atoms with Crippen LogP contribution in [-0.2, 0) is 0 Å². The third-order valence-electron chi connectivity index (χ3n) is 3.48. The minimum atomic E-state index is -0.197. The summed E-state index contributed by atoms with van der Waals surface area (Å²) in [6, 6.07) is 10.8. The fourth-order valence-corrected chi connectivity index (χ4v) is 3.27. The number of anilines is 1. The summed E-state index contributed by atoms with van der Waals surface area (Å²) in [5, 5.41) is 3.91. The van der Waals surface area contributed by atoms with Crippen molar-refractivity contribution in [1.82, 2.24) is 4.98 Å². The van der Waals surface area contributed by atoms with Crippen LogP contribution in [0.2, 0.25) is 0 Å². The van der Waals surface area contributed by atoms with Gasteiger partial charge in [0.15, 0.2) is 11.5 Å². The Morgan fingerprint density at radius 3 is 2.79 bits per heavy atom. The van der Waals surface area contributed by atoms with Crippen LogP contribution in [-0.4, -0.2) is 24.6 Å². The van der Waals surface area contributed by atoms with Crippen LogP contribution in [0.25, 0.3) is 10.2 Å². The first kappa shape index (κ1) is 16.3. The Bertz CT molecular complexity index is 889. The van der Waals surface area contributed by atoms with Crippen LogP contribution in [0.3, 0.4) is 0 Å². The second-order valence-corrected chi connectivity index (χ2v) is 6.40. The summed E-state index contributed by atoms with van der Waals surface area (Å²) in [6.07, 6.45) is 0. The molecule has 3 aromatic rings. The van der Waals surface area contributed by atoms with E-state index in [4.69, 9.17) is 9.47 Å². The largest absolute Gasteiger partial charge is 0.493 e. The molecule has 0 saturated heterocycles. The Kier molecular flexibility index (Phi) is 4.66. The lowest BCUT2D eigenvalue weighted by molar-refractivity contribution is 0.102. The number of rotatable bonds is 5. The van der Waals surface area contributed by atoms with Crippen LogP contribution in [0, 0.1) is 6.92 Å². The number of ether oxygens (including phenoxy) is 2. The van der Waals surface area contributed by atoms with Crippen molar-refractivity contribution < 1.29 is 14.3 Å². The van der Waals surface area contributed by atoms with Crippen LogP contribution in [0.4, 0.5) is 5.69 Å². The van der Waals surface area contributed by atoms with Gasteiger partial charge in [-0.15, -0.1) is 11.3 Å². The van der Waals surface area contributed by atoms with E-state index in [9.17, 15) is 4.79 Å². The van der Waals surface area contributed by atoms with Gasteiger partial charge in [-0.2, -0.15) is 0 Å². The molecule has 2 aromatic carbocycles. The number of carbonyl (C=O) groups excluding carboxylic acids is 1. The van der Waals surface area contributed by atoms with Crippen molar-refractivity contribution in [3.05, 3.63) is 47.0 Å². The Hall–Kier alpha value is -2.60. The number of fused-ring (bicyclic) bond motifs is 1. The summed E-state index contributed by atoms with van der Waals surface area (Å²) in [4.78, 5) is 16.9. The van der Waals surface area contributed by atoms with Gasteiger partial charge in [0.05, 0.1) is 28.9 Å². The highest BCUT2D eigenvalue weighted by atomic mass is 32.1. The van der Waals surface area contributed by atoms with Gasteiger partial charge in [-0.3, -0.25) is 4.79 Å². The first-order chi connectivity index (χ1) is 11.6. The zero-order chi connectivity index (χ0) is 17.1. The third kappa shape index (κ3) is 3.33. The van der Waals surface area contributed by atoms with Crippen LogP contribution in [0.15, 0.2) is 36.4 Å². The molecule has 1 N–H and O–H groups in total. The number of aromatic nitrogens is 1. The highest BCUT2D eigenvalue weighted by Crippen LogP contribution is 2.29. The van der Waals surface area contributed by atoms with E-state index in [2.05, 4.69) is 10.3 Å². The molecule has 124 valence electrons. The van der Waals surface area contributed by atoms with Crippen molar-refractivity contribution in [2.45, 2.75) is 13.8 Å². The molecule has 1 heterocycles. The molecule has 24 heavy (non-hydrogen) atoms. The number of hydrogen-bond acceptors (Lipinski definition) is 5. The lowest BCUT2D eigenvalue weighted by Gasteiger charge is -2.11. The second kappa shape index (κ2) is 6.88. The number of methoxy groups -OCH3 is 1. The number of benzene rings is 2. The van der Waals surface area contributed by atoms with Gasteiger partial charge in [-0.25, -0.2) is 4.98 Å². The molecule has 0 bridgehead atoms. The van der Waals surface area contributed by atoms with Crippen LogP contribution >= 0.6 is 11.3 Å². The predicted molar refractivity (Wildman–Crippen MR) is 96.5 cm³/mol. The van der Waals surface area contributed by atoms with Crippen molar-refractivity contribution in [3.63, 3.8) is 0 Å². The Morgan fingerprint density at radius 2 is 2.04 bits per heavy atom. The summed E-state index contributed by atoms with van der Waals surface area (Å²) >= 11 is 1.60. The molecule has 0 unspecified atom stereocenters. The van der Waals surface area contributed by atoms with Gasteiger partial charge < -0.3 is 14.8 Å². The molecule has 6 heteroatoms. The van der Waals surface area contributed by atoms with Crippen molar-refractivity contribution in [2.75, 3.05) is 19.0 Å². The summed E-state index contributed by atoms with van der Waals surface area (Å²) in [6.45, 7) is 4.41. The van der Waals surface area contributed by atoms with Crippen molar-refractivity contribution in [2.24, 2.45) is 0 Å². The van der Waals surface area contributed by atoms with Gasteiger partial charge >= 0.3 is 0 Å². The summed E-state index contributed by atoms with van der Waals surface area (Å²) < 4.78 is 11.8. The number of hydrogen-bond donors (Lipinski definition) is 1. The lowest BCUT2D eigenvalue weighted by atomic mass is 10.2. The van der Waals surface area contributed by atoms with E-state index in [1.165, 1.54) is 0 Å². The molecule has 0 atom stereocenters. The molecular weight excluding hydrogens is 324 g/mol. The lowest BCUT2D eigenvalue weighted by Crippen LogP contribution is -2.12. The third-order valence-corrected chi connectivity index (χ3v) is 4.41. The van der Waals surface area contributed by atoms with Crippen LogP contribution in [0.5, 0.6) is 11.5 Å². The molecular formula is C18H18N2O3S. The summed E-state index contributed by atoms with van der Waals surface area (Å²) in [7, 11) is 1.56. The monoisotopic (exact) mass is 342 g/mol. The Morgan fingerprint density at radius 1 is 1.21 bits per heavy atom. The minimum Gasteiger partial charge on any atom is -0.493 e. The van der Waals surface area contributed by atoms with Gasteiger partial charge in [0.2, 0.25) is 0 Å². The fraction of sp³-hybridized carbons (Fsp3) is 0.222. The van der Waals surface area contributed by atoms with Gasteiger partial charge in [0.25, 0.3) is 5.91 Å². The van der Waals surface area contributed by atoms with E-state index < -0.39 is 0 Å². The van der Waals surface area contributed by atoms with E-state index in [1.54, 1.807) is 36.6 Å². The molecule has 0 spiro atoms. The van der Waals surface area contributed by atoms with E-state index >= 15 is 0 Å². The average molecular weight is 342 g/mol. The highest BCUT2D eigenvalue weighted by molar-refractivity contribution is 7.18. The van der Waals surface area contributed by atoms with Crippen molar-refractivity contribution >= 4 is 33.1 Å². The first-order valence-electron chi connectivity index (χ1n) is 7.60. The van der Waals surface area contributed by atoms with Gasteiger partial charge in [-0.1, -0.05) is 0 Å². The molecule has 1 aromatic heterocycles. The zero-order valence-electron chi connectivity index (χ0n) is 13.8. The van der Waals surface area contributed by atoms with Crippen LogP contribution in [0.1, 0.15) is 22.3 Å². The topological polar surface area (TPSA) is 60.5 Å². The Balaban J connectivity index is 1.82. The van der Waals surface area contributed by atoms with Gasteiger partial charge in [0.1, 0.15) is 0 Å². The van der Waals surface area contributed by atoms with Crippen molar-refractivity contribution in [1.29, 1.82) is 0 Å². The highest BCUT2D eigenvalue weighted by Gasteiger charge is 2.12.